The molecule has 0 bridgehead atoms. The summed E-state index contributed by atoms with van der Waals surface area (Å²) in [5, 5.41) is 13.3. The van der Waals surface area contributed by atoms with Gasteiger partial charge in [-0.2, -0.15) is 0 Å². The number of hydrogen-bond donors (Lipinski definition) is 2. The minimum atomic E-state index is 0.0264. The maximum Gasteiger partial charge on any atom is 0.198 e. The summed E-state index contributed by atoms with van der Waals surface area (Å²) in [6.45, 7) is 2.75. The summed E-state index contributed by atoms with van der Waals surface area (Å²) in [4.78, 5) is 7.19. The molecular weight excluding hydrogens is 310 g/mol. The smallest absolute Gasteiger partial charge is 0.198 e. The van der Waals surface area contributed by atoms with Crippen molar-refractivity contribution in [1.82, 2.24) is 4.90 Å². The molecule has 0 amide bonds. The van der Waals surface area contributed by atoms with Crippen molar-refractivity contribution in [2.24, 2.45) is 4.99 Å². The zero-order valence-corrected chi connectivity index (χ0v) is 14.6. The van der Waals surface area contributed by atoms with Crippen molar-refractivity contribution >= 4 is 11.6 Å². The minimum absolute atomic E-state index is 0.0264. The fourth-order valence-electron chi connectivity index (χ4n) is 3.17. The van der Waals surface area contributed by atoms with E-state index < -0.39 is 0 Å². The van der Waals surface area contributed by atoms with Crippen molar-refractivity contribution in [3.05, 3.63) is 66.2 Å². The SMILES string of the molecule is OCC(CN=C(Nc1ccccc1)N1CCCCC1)c1ccccc1. The number of nitrogens with one attached hydrogen (secondary N) is 1. The summed E-state index contributed by atoms with van der Waals surface area (Å²) in [5.74, 6) is 0.943. The number of piperidine rings is 1. The number of guanidine groups is 1. The Kier molecular flexibility index (Phi) is 6.46. The lowest BCUT2D eigenvalue weighted by Crippen LogP contribution is -2.40. The molecule has 0 radical (unpaired) electrons. The molecule has 1 aliphatic rings. The predicted molar refractivity (Wildman–Crippen MR) is 104 cm³/mol. The van der Waals surface area contributed by atoms with Gasteiger partial charge in [0.05, 0.1) is 13.2 Å². The standard InChI is InChI=1S/C21H27N3O/c25-17-19(18-10-4-1-5-11-18)16-22-21(24-14-8-3-9-15-24)23-20-12-6-2-7-13-20/h1-2,4-7,10-13,19,25H,3,8-9,14-17H2,(H,22,23). The van der Waals surface area contributed by atoms with Crippen LogP contribution in [0, 0.1) is 0 Å². The number of nitrogens with zero attached hydrogens (tertiary/aromatic N) is 2. The van der Waals surface area contributed by atoms with E-state index in [9.17, 15) is 5.11 Å². The molecule has 0 spiro atoms. The van der Waals surface area contributed by atoms with Gasteiger partial charge in [-0.05, 0) is 37.0 Å². The Labute approximate surface area is 150 Å². The first-order valence-electron chi connectivity index (χ1n) is 9.14. The van der Waals surface area contributed by atoms with Gasteiger partial charge in [-0.1, -0.05) is 48.5 Å². The van der Waals surface area contributed by atoms with Crippen LogP contribution in [0.2, 0.25) is 0 Å². The van der Waals surface area contributed by atoms with Gasteiger partial charge in [0.1, 0.15) is 0 Å². The molecule has 1 heterocycles. The molecule has 2 aromatic carbocycles. The van der Waals surface area contributed by atoms with Gasteiger partial charge in [0.2, 0.25) is 0 Å². The lowest BCUT2D eigenvalue weighted by molar-refractivity contribution is 0.267. The lowest BCUT2D eigenvalue weighted by Gasteiger charge is -2.30. The molecule has 2 N–H and O–H groups in total. The minimum Gasteiger partial charge on any atom is -0.396 e. The third kappa shape index (κ3) is 5.07. The van der Waals surface area contributed by atoms with Gasteiger partial charge in [-0.15, -0.1) is 0 Å². The van der Waals surface area contributed by atoms with Gasteiger partial charge >= 0.3 is 0 Å². The van der Waals surface area contributed by atoms with Crippen LogP contribution in [0.1, 0.15) is 30.7 Å². The molecule has 132 valence electrons. The molecule has 0 saturated carbocycles. The first kappa shape index (κ1) is 17.5. The number of aliphatic imine (C=N–C) groups is 1. The Morgan fingerprint density at radius 2 is 1.60 bits per heavy atom. The second kappa shape index (κ2) is 9.23. The average molecular weight is 337 g/mol. The zero-order chi connectivity index (χ0) is 17.3. The predicted octanol–water partition coefficient (Wildman–Crippen LogP) is 3.72. The Morgan fingerprint density at radius 3 is 2.24 bits per heavy atom. The normalized spacial score (nSPS) is 16.5. The maximum atomic E-state index is 9.79. The van der Waals surface area contributed by atoms with Gasteiger partial charge < -0.3 is 15.3 Å². The van der Waals surface area contributed by atoms with Gasteiger partial charge in [0, 0.05) is 24.7 Å². The van der Waals surface area contributed by atoms with Crippen LogP contribution < -0.4 is 5.32 Å². The number of aliphatic hydroxyl groups is 1. The van der Waals surface area contributed by atoms with E-state index >= 15 is 0 Å². The van der Waals surface area contributed by atoms with Gasteiger partial charge in [-0.25, -0.2) is 0 Å². The van der Waals surface area contributed by atoms with Crippen molar-refractivity contribution in [1.29, 1.82) is 0 Å². The molecule has 4 nitrogen and oxygen atoms in total. The molecule has 1 saturated heterocycles. The van der Waals surface area contributed by atoms with Gasteiger partial charge in [-0.3, -0.25) is 4.99 Å². The third-order valence-electron chi connectivity index (χ3n) is 4.64. The van der Waals surface area contributed by atoms with E-state index in [1.54, 1.807) is 0 Å². The topological polar surface area (TPSA) is 47.9 Å². The Hall–Kier alpha value is -2.33. The number of anilines is 1. The Balaban J connectivity index is 1.76. The fourth-order valence-corrected chi connectivity index (χ4v) is 3.17. The number of rotatable bonds is 5. The number of likely N-dealkylation sites (tertiary alicyclic amines) is 1. The Bertz CT molecular complexity index is 651. The monoisotopic (exact) mass is 337 g/mol. The second-order valence-corrected chi connectivity index (χ2v) is 6.49. The molecule has 1 atom stereocenters. The number of benzene rings is 2. The van der Waals surface area contributed by atoms with E-state index in [1.165, 1.54) is 19.3 Å². The van der Waals surface area contributed by atoms with E-state index in [2.05, 4.69) is 34.5 Å². The molecule has 1 unspecified atom stereocenters. The third-order valence-corrected chi connectivity index (χ3v) is 4.64. The summed E-state index contributed by atoms with van der Waals surface area (Å²) < 4.78 is 0. The lowest BCUT2D eigenvalue weighted by atomic mass is 10.0. The van der Waals surface area contributed by atoms with Crippen LogP contribution in [0.15, 0.2) is 65.7 Å². The van der Waals surface area contributed by atoms with Gasteiger partial charge in [0.15, 0.2) is 5.96 Å². The molecule has 1 aliphatic heterocycles. The van der Waals surface area contributed by atoms with Crippen molar-refractivity contribution in [3.8, 4) is 0 Å². The summed E-state index contributed by atoms with van der Waals surface area (Å²) in [6.07, 6.45) is 3.70. The number of para-hydroxylation sites is 1. The first-order valence-corrected chi connectivity index (χ1v) is 9.14. The van der Waals surface area contributed by atoms with Crippen LogP contribution in [0.4, 0.5) is 5.69 Å². The highest BCUT2D eigenvalue weighted by atomic mass is 16.3. The average Bonchev–Trinajstić information content (AvgIpc) is 2.70. The maximum absolute atomic E-state index is 9.79. The highest BCUT2D eigenvalue weighted by Crippen LogP contribution is 2.17. The van der Waals surface area contributed by atoms with Crippen molar-refractivity contribution in [3.63, 3.8) is 0 Å². The molecule has 4 heteroatoms. The summed E-state index contributed by atoms with van der Waals surface area (Å²) in [6, 6.07) is 20.3. The van der Waals surface area contributed by atoms with Crippen LogP contribution in [0.25, 0.3) is 0 Å². The Morgan fingerprint density at radius 1 is 0.960 bits per heavy atom. The van der Waals surface area contributed by atoms with E-state index in [1.807, 2.05) is 36.4 Å². The molecule has 1 fully saturated rings. The molecule has 0 aromatic heterocycles. The van der Waals surface area contributed by atoms with Crippen LogP contribution in [-0.4, -0.2) is 42.2 Å². The molecule has 25 heavy (non-hydrogen) atoms. The van der Waals surface area contributed by atoms with E-state index in [0.29, 0.717) is 6.54 Å². The summed E-state index contributed by atoms with van der Waals surface area (Å²) in [7, 11) is 0. The van der Waals surface area contributed by atoms with Crippen molar-refractivity contribution in [2.45, 2.75) is 25.2 Å². The zero-order valence-electron chi connectivity index (χ0n) is 14.6. The summed E-state index contributed by atoms with van der Waals surface area (Å²) in [5.41, 5.74) is 2.18. The molecule has 2 aromatic rings. The highest BCUT2D eigenvalue weighted by molar-refractivity contribution is 5.93. The summed E-state index contributed by atoms with van der Waals surface area (Å²) >= 11 is 0. The van der Waals surface area contributed by atoms with Crippen LogP contribution in [-0.2, 0) is 0 Å². The number of aliphatic hydroxyl groups excluding tert-OH is 1. The van der Waals surface area contributed by atoms with Crippen molar-refractivity contribution < 1.29 is 5.11 Å². The van der Waals surface area contributed by atoms with E-state index in [-0.39, 0.29) is 12.5 Å². The highest BCUT2D eigenvalue weighted by Gasteiger charge is 2.16. The van der Waals surface area contributed by atoms with Crippen molar-refractivity contribution in [2.75, 3.05) is 31.6 Å². The molecular formula is C21H27N3O. The first-order chi connectivity index (χ1) is 12.4. The molecule has 0 aliphatic carbocycles. The van der Waals surface area contributed by atoms with Crippen LogP contribution in [0.5, 0.6) is 0 Å². The van der Waals surface area contributed by atoms with Crippen LogP contribution in [0.3, 0.4) is 0 Å². The van der Waals surface area contributed by atoms with Gasteiger partial charge in [0.25, 0.3) is 0 Å². The largest absolute Gasteiger partial charge is 0.396 e. The second-order valence-electron chi connectivity index (χ2n) is 6.49. The van der Waals surface area contributed by atoms with Crippen LogP contribution >= 0.6 is 0 Å². The van der Waals surface area contributed by atoms with E-state index in [4.69, 9.17) is 4.99 Å². The number of hydrogen-bond acceptors (Lipinski definition) is 2. The fraction of sp³-hybridized carbons (Fsp3) is 0.381. The van der Waals surface area contributed by atoms with E-state index in [0.717, 1.165) is 30.3 Å². The molecule has 3 rings (SSSR count). The quantitative estimate of drug-likeness (QED) is 0.646.